The molecule has 41 valence electrons. The lowest BCUT2D eigenvalue weighted by Crippen LogP contribution is -1.70. The summed E-state index contributed by atoms with van der Waals surface area (Å²) in [6.07, 6.45) is 5.00. The second kappa shape index (κ2) is 5.67. The van der Waals surface area contributed by atoms with E-state index in [1.807, 2.05) is 6.08 Å². The van der Waals surface area contributed by atoms with E-state index in [4.69, 9.17) is 0 Å². The molecule has 0 spiro atoms. The van der Waals surface area contributed by atoms with E-state index in [1.165, 1.54) is 0 Å². The van der Waals surface area contributed by atoms with E-state index < -0.39 is 0 Å². The number of halogens is 1. The molecule has 0 nitrogen and oxygen atoms in total. The highest BCUT2D eigenvalue weighted by Gasteiger charge is 1.76. The van der Waals surface area contributed by atoms with Crippen molar-refractivity contribution in [2.45, 2.75) is 12.8 Å². The van der Waals surface area contributed by atoms with Gasteiger partial charge in [0.2, 0.25) is 0 Å². The lowest BCUT2D eigenvalue weighted by Gasteiger charge is -1.81. The predicted octanol–water partition coefficient (Wildman–Crippen LogP) is 2.13. The van der Waals surface area contributed by atoms with Crippen molar-refractivity contribution in [3.8, 4) is 0 Å². The Balaban J connectivity index is 2.69. The van der Waals surface area contributed by atoms with Gasteiger partial charge in [-0.2, -0.15) is 0 Å². The Labute approximate surface area is 44.0 Å². The van der Waals surface area contributed by atoms with Gasteiger partial charge in [0.05, 0.1) is 6.67 Å². The van der Waals surface area contributed by atoms with E-state index in [1.54, 1.807) is 6.08 Å². The van der Waals surface area contributed by atoms with Gasteiger partial charge < -0.3 is 0 Å². The molecule has 0 atom stereocenters. The summed E-state index contributed by atoms with van der Waals surface area (Å²) >= 11 is 0. The Hall–Kier alpha value is -0.330. The zero-order chi connectivity index (χ0) is 5.54. The molecule has 0 aromatic carbocycles. The van der Waals surface area contributed by atoms with Gasteiger partial charge >= 0.3 is 0 Å². The second-order valence-electron chi connectivity index (χ2n) is 1.30. The summed E-state index contributed by atoms with van der Waals surface area (Å²) in [4.78, 5) is 0. The number of unbranched alkanes of at least 4 members (excludes halogenated alkanes) is 1. The minimum Gasteiger partial charge on any atom is -0.251 e. The Bertz CT molecular complexity index is 48.1. The highest BCUT2D eigenvalue weighted by atomic mass is 19.1. The van der Waals surface area contributed by atoms with Crippen molar-refractivity contribution in [3.63, 3.8) is 0 Å². The SMILES string of the molecule is [CH2]C=CCCCF. The monoisotopic (exact) mass is 101 g/mol. The van der Waals surface area contributed by atoms with Crippen LogP contribution in [0.2, 0.25) is 0 Å². The van der Waals surface area contributed by atoms with Gasteiger partial charge in [0.25, 0.3) is 0 Å². The molecule has 0 aliphatic heterocycles. The van der Waals surface area contributed by atoms with Crippen LogP contribution in [-0.2, 0) is 0 Å². The van der Waals surface area contributed by atoms with Gasteiger partial charge in [-0.3, -0.25) is 4.39 Å². The molecule has 0 saturated carbocycles. The molecule has 0 rings (SSSR count). The minimum absolute atomic E-state index is 0.218. The molecule has 7 heavy (non-hydrogen) atoms. The maximum Gasteiger partial charge on any atom is 0.0897 e. The van der Waals surface area contributed by atoms with Crippen LogP contribution in [0.15, 0.2) is 12.2 Å². The molecule has 0 aromatic rings. The molecule has 0 heterocycles. The predicted molar refractivity (Wildman–Crippen MR) is 29.7 cm³/mol. The van der Waals surface area contributed by atoms with Crippen LogP contribution in [0.1, 0.15) is 12.8 Å². The van der Waals surface area contributed by atoms with Gasteiger partial charge in [-0.1, -0.05) is 12.2 Å². The second-order valence-corrected chi connectivity index (χ2v) is 1.30. The molecular weight excluding hydrogens is 91.1 g/mol. The van der Waals surface area contributed by atoms with Crippen molar-refractivity contribution in [2.24, 2.45) is 0 Å². The topological polar surface area (TPSA) is 0 Å². The van der Waals surface area contributed by atoms with Crippen molar-refractivity contribution in [1.29, 1.82) is 0 Å². The first kappa shape index (κ1) is 6.67. The van der Waals surface area contributed by atoms with Crippen LogP contribution in [0, 0.1) is 6.92 Å². The smallest absolute Gasteiger partial charge is 0.0897 e. The van der Waals surface area contributed by atoms with Gasteiger partial charge in [-0.25, -0.2) is 0 Å². The van der Waals surface area contributed by atoms with Gasteiger partial charge in [-0.05, 0) is 19.8 Å². The average molecular weight is 101 g/mol. The van der Waals surface area contributed by atoms with Crippen molar-refractivity contribution in [3.05, 3.63) is 19.1 Å². The molecule has 0 aromatic heterocycles. The summed E-state index contributed by atoms with van der Waals surface area (Å²) in [5.41, 5.74) is 0. The van der Waals surface area contributed by atoms with E-state index in [9.17, 15) is 4.39 Å². The van der Waals surface area contributed by atoms with Crippen LogP contribution in [0.5, 0.6) is 0 Å². The van der Waals surface area contributed by atoms with E-state index in [0.29, 0.717) is 6.42 Å². The van der Waals surface area contributed by atoms with Crippen LogP contribution in [0.3, 0.4) is 0 Å². The van der Waals surface area contributed by atoms with Gasteiger partial charge in [0.15, 0.2) is 0 Å². The lowest BCUT2D eigenvalue weighted by atomic mass is 10.3. The number of allylic oxidation sites excluding steroid dienone is 2. The first-order valence-corrected chi connectivity index (χ1v) is 2.42. The normalized spacial score (nSPS) is 10.6. The molecule has 0 N–H and O–H groups in total. The van der Waals surface area contributed by atoms with Crippen LogP contribution in [0.25, 0.3) is 0 Å². The van der Waals surface area contributed by atoms with E-state index >= 15 is 0 Å². The number of hydrogen-bond donors (Lipinski definition) is 0. The summed E-state index contributed by atoms with van der Waals surface area (Å²) < 4.78 is 11.3. The highest BCUT2D eigenvalue weighted by Crippen LogP contribution is 1.89. The number of alkyl halides is 1. The summed E-state index contributed by atoms with van der Waals surface area (Å²) in [6, 6.07) is 0. The third-order valence-corrected chi connectivity index (χ3v) is 0.671. The van der Waals surface area contributed by atoms with E-state index in [2.05, 4.69) is 6.92 Å². The van der Waals surface area contributed by atoms with Crippen molar-refractivity contribution in [2.75, 3.05) is 6.67 Å². The highest BCUT2D eigenvalue weighted by molar-refractivity contribution is 4.82. The summed E-state index contributed by atoms with van der Waals surface area (Å²) in [5.74, 6) is 0. The van der Waals surface area contributed by atoms with Gasteiger partial charge in [-0.15, -0.1) is 0 Å². The minimum atomic E-state index is -0.218. The third-order valence-electron chi connectivity index (χ3n) is 0.671. The van der Waals surface area contributed by atoms with Crippen molar-refractivity contribution < 1.29 is 4.39 Å². The summed E-state index contributed by atoms with van der Waals surface area (Å²) in [5, 5.41) is 0. The first-order valence-electron chi connectivity index (χ1n) is 2.42. The molecule has 0 unspecified atom stereocenters. The van der Waals surface area contributed by atoms with Crippen LogP contribution in [0.4, 0.5) is 4.39 Å². The van der Waals surface area contributed by atoms with E-state index in [-0.39, 0.29) is 6.67 Å². The zero-order valence-electron chi connectivity index (χ0n) is 4.36. The van der Waals surface area contributed by atoms with E-state index in [0.717, 1.165) is 6.42 Å². The molecule has 0 aliphatic carbocycles. The average Bonchev–Trinajstić information content (AvgIpc) is 1.69. The van der Waals surface area contributed by atoms with Crippen molar-refractivity contribution >= 4 is 0 Å². The maximum atomic E-state index is 11.3. The molecule has 0 fully saturated rings. The van der Waals surface area contributed by atoms with Crippen molar-refractivity contribution in [1.82, 2.24) is 0 Å². The largest absolute Gasteiger partial charge is 0.251 e. The molecule has 0 amide bonds. The summed E-state index contributed by atoms with van der Waals surface area (Å²) in [6.45, 7) is 3.24. The van der Waals surface area contributed by atoms with Gasteiger partial charge in [0.1, 0.15) is 0 Å². The Morgan fingerprint density at radius 2 is 2.29 bits per heavy atom. The molecule has 0 aliphatic rings. The molecule has 1 heteroatoms. The van der Waals surface area contributed by atoms with Crippen LogP contribution in [-0.4, -0.2) is 6.67 Å². The maximum absolute atomic E-state index is 11.3. The fraction of sp³-hybridized carbons (Fsp3) is 0.500. The lowest BCUT2D eigenvalue weighted by molar-refractivity contribution is 0.475. The number of rotatable bonds is 3. The molecular formula is C6H10F. The standard InChI is InChI=1S/C6H10F/c1-2-3-4-5-6-7/h2-3H,1,4-6H2. The quantitative estimate of drug-likeness (QED) is 0.478. The first-order chi connectivity index (χ1) is 3.41. The Kier molecular flexibility index (Phi) is 5.40. The van der Waals surface area contributed by atoms with Gasteiger partial charge in [0, 0.05) is 0 Å². The third kappa shape index (κ3) is 5.67. The fourth-order valence-electron chi connectivity index (χ4n) is 0.313. The Morgan fingerprint density at radius 3 is 2.71 bits per heavy atom. The summed E-state index contributed by atoms with van der Waals surface area (Å²) in [7, 11) is 0. The van der Waals surface area contributed by atoms with Crippen LogP contribution < -0.4 is 0 Å². The molecule has 1 radical (unpaired) electrons. The fourth-order valence-corrected chi connectivity index (χ4v) is 0.313. The Morgan fingerprint density at radius 1 is 1.57 bits per heavy atom. The molecule has 0 saturated heterocycles. The number of hydrogen-bond acceptors (Lipinski definition) is 0. The van der Waals surface area contributed by atoms with Crippen LogP contribution >= 0.6 is 0 Å². The zero-order valence-corrected chi connectivity index (χ0v) is 4.36. The molecule has 0 bridgehead atoms.